The van der Waals surface area contributed by atoms with Gasteiger partial charge in [-0.05, 0) is 30.4 Å². The number of thioether (sulfide) groups is 1. The molecule has 5 heteroatoms. The Morgan fingerprint density at radius 2 is 2.26 bits per heavy atom. The lowest BCUT2D eigenvalue weighted by Crippen LogP contribution is -2.40. The molecule has 4 nitrogen and oxygen atoms in total. The molecule has 0 saturated heterocycles. The lowest BCUT2D eigenvalue weighted by molar-refractivity contribution is 0.166. The number of likely N-dealkylation sites (N-methyl/N-ethyl adjacent to an activating group) is 1. The van der Waals surface area contributed by atoms with E-state index >= 15 is 0 Å². The van der Waals surface area contributed by atoms with Gasteiger partial charge >= 0.3 is 6.03 Å². The van der Waals surface area contributed by atoms with Crippen LogP contribution in [0.1, 0.15) is 19.4 Å². The van der Waals surface area contributed by atoms with Crippen LogP contribution in [0.5, 0.6) is 0 Å². The van der Waals surface area contributed by atoms with E-state index in [4.69, 9.17) is 5.11 Å². The molecule has 106 valence electrons. The number of aliphatic hydroxyl groups is 1. The number of hydrogen-bond donors (Lipinski definition) is 2. The van der Waals surface area contributed by atoms with Gasteiger partial charge in [0.05, 0.1) is 12.6 Å². The Morgan fingerprint density at radius 3 is 2.89 bits per heavy atom. The first-order chi connectivity index (χ1) is 9.08. The molecule has 0 bridgehead atoms. The van der Waals surface area contributed by atoms with E-state index in [0.717, 1.165) is 17.2 Å². The minimum absolute atomic E-state index is 0.0445. The van der Waals surface area contributed by atoms with Gasteiger partial charge in [0.2, 0.25) is 0 Å². The molecule has 0 saturated carbocycles. The molecule has 0 spiro atoms. The maximum absolute atomic E-state index is 11.9. The zero-order valence-electron chi connectivity index (χ0n) is 11.7. The molecule has 0 aliphatic carbocycles. The van der Waals surface area contributed by atoms with Gasteiger partial charge in [0.1, 0.15) is 0 Å². The molecular weight excluding hydrogens is 260 g/mol. The predicted octanol–water partition coefficient (Wildman–Crippen LogP) is 2.78. The summed E-state index contributed by atoms with van der Waals surface area (Å²) in [6.45, 7) is 3.88. The van der Waals surface area contributed by atoms with Crippen molar-refractivity contribution in [3.05, 3.63) is 29.8 Å². The van der Waals surface area contributed by atoms with Gasteiger partial charge in [-0.25, -0.2) is 4.79 Å². The second kappa shape index (κ2) is 8.07. The maximum Gasteiger partial charge on any atom is 0.321 e. The van der Waals surface area contributed by atoms with Crippen LogP contribution in [0.2, 0.25) is 0 Å². The molecule has 0 heterocycles. The molecule has 0 aliphatic rings. The fourth-order valence-corrected chi connectivity index (χ4v) is 2.11. The Labute approximate surface area is 119 Å². The van der Waals surface area contributed by atoms with Crippen LogP contribution in [-0.2, 0) is 5.75 Å². The van der Waals surface area contributed by atoms with Crippen LogP contribution in [0.4, 0.5) is 10.5 Å². The molecule has 1 atom stereocenters. The van der Waals surface area contributed by atoms with E-state index < -0.39 is 0 Å². The van der Waals surface area contributed by atoms with Crippen molar-refractivity contribution >= 4 is 23.5 Å². The molecular formula is C14H22N2O2S. The molecule has 2 N–H and O–H groups in total. The van der Waals surface area contributed by atoms with Gasteiger partial charge in [-0.15, -0.1) is 0 Å². The molecule has 2 amide bonds. The highest BCUT2D eigenvalue weighted by Crippen LogP contribution is 2.16. The number of anilines is 1. The van der Waals surface area contributed by atoms with E-state index in [1.54, 1.807) is 14.0 Å². The van der Waals surface area contributed by atoms with Gasteiger partial charge in [0.25, 0.3) is 0 Å². The Balaban J connectivity index is 2.63. The standard InChI is InChI=1S/C14H22N2O2S/c1-4-19-10-12-6-5-7-13(8-12)15-14(18)16(3)11(2)9-17/h5-8,11,17H,4,9-10H2,1-3H3,(H,15,18). The van der Waals surface area contributed by atoms with Crippen LogP contribution in [0.3, 0.4) is 0 Å². The minimum Gasteiger partial charge on any atom is -0.394 e. The van der Waals surface area contributed by atoms with Crippen molar-refractivity contribution in [2.24, 2.45) is 0 Å². The molecule has 0 aliphatic heterocycles. The highest BCUT2D eigenvalue weighted by Gasteiger charge is 2.14. The van der Waals surface area contributed by atoms with Gasteiger partial charge in [-0.1, -0.05) is 19.1 Å². The Hall–Kier alpha value is -1.20. The van der Waals surface area contributed by atoms with Crippen LogP contribution in [0, 0.1) is 0 Å². The Morgan fingerprint density at radius 1 is 1.53 bits per heavy atom. The van der Waals surface area contributed by atoms with Crippen molar-refractivity contribution in [3.8, 4) is 0 Å². The number of hydrogen-bond acceptors (Lipinski definition) is 3. The lowest BCUT2D eigenvalue weighted by atomic mass is 10.2. The largest absolute Gasteiger partial charge is 0.394 e. The van der Waals surface area contributed by atoms with E-state index in [2.05, 4.69) is 18.3 Å². The van der Waals surface area contributed by atoms with Crippen LogP contribution in [0.25, 0.3) is 0 Å². The summed E-state index contributed by atoms with van der Waals surface area (Å²) in [5.41, 5.74) is 1.98. The van der Waals surface area contributed by atoms with Gasteiger partial charge in [0, 0.05) is 18.5 Å². The number of urea groups is 1. The zero-order chi connectivity index (χ0) is 14.3. The average Bonchev–Trinajstić information content (AvgIpc) is 2.43. The Bertz CT molecular complexity index is 412. The number of nitrogens with zero attached hydrogens (tertiary/aromatic N) is 1. The number of nitrogens with one attached hydrogen (secondary N) is 1. The summed E-state index contributed by atoms with van der Waals surface area (Å²) in [6, 6.07) is 7.45. The number of benzene rings is 1. The minimum atomic E-state index is -0.207. The lowest BCUT2D eigenvalue weighted by Gasteiger charge is -2.23. The normalized spacial score (nSPS) is 12.0. The van der Waals surface area contributed by atoms with Crippen LogP contribution in [-0.4, -0.2) is 41.5 Å². The van der Waals surface area contributed by atoms with Gasteiger partial charge in [0.15, 0.2) is 0 Å². The van der Waals surface area contributed by atoms with E-state index in [1.165, 1.54) is 10.5 Å². The van der Waals surface area contributed by atoms with E-state index in [-0.39, 0.29) is 18.7 Å². The van der Waals surface area contributed by atoms with Gasteiger partial charge in [-0.3, -0.25) is 0 Å². The third-order valence-corrected chi connectivity index (χ3v) is 3.84. The van der Waals surface area contributed by atoms with Gasteiger partial charge in [-0.2, -0.15) is 11.8 Å². The smallest absolute Gasteiger partial charge is 0.321 e. The molecule has 1 rings (SSSR count). The third kappa shape index (κ3) is 5.12. The fraction of sp³-hybridized carbons (Fsp3) is 0.500. The first kappa shape index (κ1) is 15.9. The summed E-state index contributed by atoms with van der Waals surface area (Å²) in [4.78, 5) is 13.4. The Kier molecular flexibility index (Phi) is 6.73. The summed E-state index contributed by atoms with van der Waals surface area (Å²) >= 11 is 1.85. The van der Waals surface area contributed by atoms with E-state index in [9.17, 15) is 4.79 Å². The highest BCUT2D eigenvalue weighted by molar-refractivity contribution is 7.98. The van der Waals surface area contributed by atoms with Crippen LogP contribution < -0.4 is 5.32 Å². The van der Waals surface area contributed by atoms with Gasteiger partial charge < -0.3 is 15.3 Å². The first-order valence-electron chi connectivity index (χ1n) is 6.39. The molecule has 0 radical (unpaired) electrons. The molecule has 19 heavy (non-hydrogen) atoms. The monoisotopic (exact) mass is 282 g/mol. The molecule has 0 aromatic heterocycles. The van der Waals surface area contributed by atoms with Crippen molar-refractivity contribution in [1.82, 2.24) is 4.90 Å². The van der Waals surface area contributed by atoms with E-state index in [0.29, 0.717) is 0 Å². The summed E-state index contributed by atoms with van der Waals surface area (Å²) in [5, 5.41) is 11.9. The average molecular weight is 282 g/mol. The second-order valence-corrected chi connectivity index (χ2v) is 5.68. The van der Waals surface area contributed by atoms with Crippen molar-refractivity contribution in [2.45, 2.75) is 25.6 Å². The highest BCUT2D eigenvalue weighted by atomic mass is 32.2. The number of rotatable bonds is 6. The molecule has 0 fully saturated rings. The first-order valence-corrected chi connectivity index (χ1v) is 7.55. The topological polar surface area (TPSA) is 52.6 Å². The fourth-order valence-electron chi connectivity index (χ4n) is 1.49. The number of carbonyl (C=O) groups excluding carboxylic acids is 1. The van der Waals surface area contributed by atoms with Crippen LogP contribution in [0.15, 0.2) is 24.3 Å². The summed E-state index contributed by atoms with van der Waals surface area (Å²) < 4.78 is 0. The van der Waals surface area contributed by atoms with Crippen molar-refractivity contribution in [2.75, 3.05) is 24.7 Å². The van der Waals surface area contributed by atoms with Crippen molar-refractivity contribution in [1.29, 1.82) is 0 Å². The van der Waals surface area contributed by atoms with Crippen LogP contribution >= 0.6 is 11.8 Å². The SMILES string of the molecule is CCSCc1cccc(NC(=O)N(C)C(C)CO)c1. The molecule has 1 unspecified atom stereocenters. The second-order valence-electron chi connectivity index (χ2n) is 4.41. The van der Waals surface area contributed by atoms with Crippen molar-refractivity contribution in [3.63, 3.8) is 0 Å². The number of aliphatic hydroxyl groups excluding tert-OH is 1. The molecule has 1 aromatic rings. The molecule has 1 aromatic carbocycles. The summed E-state index contributed by atoms with van der Waals surface area (Å²) in [5.74, 6) is 2.02. The summed E-state index contributed by atoms with van der Waals surface area (Å²) in [7, 11) is 1.67. The zero-order valence-corrected chi connectivity index (χ0v) is 12.5. The third-order valence-electron chi connectivity index (χ3n) is 2.90. The quantitative estimate of drug-likeness (QED) is 0.843. The number of amides is 2. The number of carbonyl (C=O) groups is 1. The maximum atomic E-state index is 11.9. The van der Waals surface area contributed by atoms with Crippen molar-refractivity contribution < 1.29 is 9.90 Å². The van der Waals surface area contributed by atoms with E-state index in [1.807, 2.05) is 30.0 Å². The predicted molar refractivity (Wildman–Crippen MR) is 81.6 cm³/mol. The summed E-state index contributed by atoms with van der Waals surface area (Å²) in [6.07, 6.45) is 0.